The van der Waals surface area contributed by atoms with Gasteiger partial charge in [-0.1, -0.05) is 23.3 Å². The van der Waals surface area contributed by atoms with Crippen molar-refractivity contribution < 1.29 is 14.4 Å². The number of aromatic nitrogens is 2. The summed E-state index contributed by atoms with van der Waals surface area (Å²) in [6.07, 6.45) is 0. The minimum atomic E-state index is -0.668. The van der Waals surface area contributed by atoms with Crippen molar-refractivity contribution in [1.29, 1.82) is 0 Å². The van der Waals surface area contributed by atoms with E-state index in [-0.39, 0.29) is 5.88 Å². The van der Waals surface area contributed by atoms with E-state index in [2.05, 4.69) is 5.10 Å². The first-order valence-corrected chi connectivity index (χ1v) is 5.13. The summed E-state index contributed by atoms with van der Waals surface area (Å²) in [7, 11) is 1.40. The molecule has 2 aromatic rings. The highest BCUT2D eigenvalue weighted by Gasteiger charge is 2.10. The summed E-state index contributed by atoms with van der Waals surface area (Å²) in [4.78, 5) is 28.6. The Morgan fingerprint density at radius 3 is 2.56 bits per heavy atom. The smallest absolute Gasteiger partial charge is 0.365 e. The number of carbonyl (C=O) groups excluding carboxylic acids is 1. The van der Waals surface area contributed by atoms with Crippen molar-refractivity contribution in [3.05, 3.63) is 58.4 Å². The molecule has 18 heavy (non-hydrogen) atoms. The highest BCUT2D eigenvalue weighted by Crippen LogP contribution is 2.01. The number of carbonyl (C=O) groups is 1. The third-order valence-electron chi connectivity index (χ3n) is 2.13. The van der Waals surface area contributed by atoms with Gasteiger partial charge in [0.2, 0.25) is 5.88 Å². The van der Waals surface area contributed by atoms with Crippen LogP contribution >= 0.6 is 0 Å². The van der Waals surface area contributed by atoms with Crippen LogP contribution < -0.4 is 15.1 Å². The molecular weight excluding hydrogens is 236 g/mol. The number of rotatable bonds is 3. The highest BCUT2D eigenvalue weighted by molar-refractivity contribution is 5.89. The fraction of sp³-hybridized carbons (Fsp3) is 0.0833. The van der Waals surface area contributed by atoms with E-state index in [0.717, 1.165) is 0 Å². The standard InChI is InChI=1S/C12H10N2O4/c1-17-10-7-8-11(15)14(13-10)18-12(16)9-5-3-2-4-6-9/h2-8H,1H3. The van der Waals surface area contributed by atoms with Crippen LogP contribution in [-0.4, -0.2) is 23.0 Å². The van der Waals surface area contributed by atoms with Crippen LogP contribution in [0.5, 0.6) is 5.88 Å². The van der Waals surface area contributed by atoms with Gasteiger partial charge >= 0.3 is 11.5 Å². The van der Waals surface area contributed by atoms with Gasteiger partial charge in [0.15, 0.2) is 0 Å². The van der Waals surface area contributed by atoms with Gasteiger partial charge in [-0.15, -0.1) is 0 Å². The summed E-state index contributed by atoms with van der Waals surface area (Å²) in [6, 6.07) is 10.9. The summed E-state index contributed by atoms with van der Waals surface area (Å²) in [6.45, 7) is 0. The predicted octanol–water partition coefficient (Wildman–Crippen LogP) is 0.521. The molecule has 2 rings (SSSR count). The molecule has 92 valence electrons. The number of ether oxygens (including phenoxy) is 1. The maximum absolute atomic E-state index is 11.7. The lowest BCUT2D eigenvalue weighted by Crippen LogP contribution is -2.32. The first-order chi connectivity index (χ1) is 8.70. The van der Waals surface area contributed by atoms with Crippen LogP contribution in [0.1, 0.15) is 10.4 Å². The SMILES string of the molecule is COc1ccc(=O)n(OC(=O)c2ccccc2)n1. The fourth-order valence-corrected chi connectivity index (χ4v) is 1.26. The lowest BCUT2D eigenvalue weighted by molar-refractivity contribution is 0.0354. The van der Waals surface area contributed by atoms with E-state index in [0.29, 0.717) is 10.4 Å². The molecule has 1 heterocycles. The number of methoxy groups -OCH3 is 1. The average Bonchev–Trinajstić information content (AvgIpc) is 2.42. The van der Waals surface area contributed by atoms with E-state index in [1.165, 1.54) is 19.2 Å². The molecule has 0 bridgehead atoms. The Morgan fingerprint density at radius 2 is 1.89 bits per heavy atom. The van der Waals surface area contributed by atoms with Gasteiger partial charge in [0.05, 0.1) is 12.7 Å². The molecule has 0 N–H and O–H groups in total. The molecule has 0 amide bonds. The fourth-order valence-electron chi connectivity index (χ4n) is 1.26. The molecular formula is C12H10N2O4. The van der Waals surface area contributed by atoms with E-state index < -0.39 is 11.5 Å². The molecule has 0 spiro atoms. The Morgan fingerprint density at radius 1 is 1.17 bits per heavy atom. The molecule has 0 aliphatic carbocycles. The first-order valence-electron chi connectivity index (χ1n) is 5.13. The van der Waals surface area contributed by atoms with Crippen LogP contribution in [-0.2, 0) is 0 Å². The van der Waals surface area contributed by atoms with Crippen molar-refractivity contribution >= 4 is 5.97 Å². The third-order valence-corrected chi connectivity index (χ3v) is 2.13. The van der Waals surface area contributed by atoms with Gasteiger partial charge in [-0.2, -0.15) is 0 Å². The van der Waals surface area contributed by atoms with Crippen molar-refractivity contribution in [1.82, 2.24) is 9.94 Å². The molecule has 0 unspecified atom stereocenters. The second kappa shape index (κ2) is 5.13. The molecule has 0 aliphatic rings. The minimum absolute atomic E-state index is 0.176. The Kier molecular flexibility index (Phi) is 3.38. The molecule has 0 saturated heterocycles. The van der Waals surface area contributed by atoms with Crippen molar-refractivity contribution in [2.24, 2.45) is 0 Å². The Balaban J connectivity index is 2.24. The lowest BCUT2D eigenvalue weighted by Gasteiger charge is -2.05. The van der Waals surface area contributed by atoms with Crippen LogP contribution in [0.25, 0.3) is 0 Å². The maximum atomic E-state index is 11.7. The van der Waals surface area contributed by atoms with Gasteiger partial charge in [0, 0.05) is 12.1 Å². The minimum Gasteiger partial charge on any atom is -0.480 e. The average molecular weight is 246 g/mol. The van der Waals surface area contributed by atoms with Crippen LogP contribution in [0.15, 0.2) is 47.3 Å². The van der Waals surface area contributed by atoms with Gasteiger partial charge in [0.25, 0.3) is 0 Å². The topological polar surface area (TPSA) is 70.4 Å². The normalized spacial score (nSPS) is 9.83. The molecule has 0 radical (unpaired) electrons. The first kappa shape index (κ1) is 11.8. The van der Waals surface area contributed by atoms with Crippen LogP contribution in [0.2, 0.25) is 0 Å². The third kappa shape index (κ3) is 2.54. The summed E-state index contributed by atoms with van der Waals surface area (Å²) in [5.74, 6) is -0.492. The van der Waals surface area contributed by atoms with Gasteiger partial charge < -0.3 is 9.57 Å². The molecule has 0 atom stereocenters. The van der Waals surface area contributed by atoms with Crippen molar-refractivity contribution in [2.75, 3.05) is 7.11 Å². The molecule has 1 aromatic heterocycles. The van der Waals surface area contributed by atoms with Crippen LogP contribution in [0.3, 0.4) is 0 Å². The zero-order valence-corrected chi connectivity index (χ0v) is 9.57. The molecule has 1 aromatic carbocycles. The van der Waals surface area contributed by atoms with E-state index >= 15 is 0 Å². The Bertz CT molecular complexity index is 607. The van der Waals surface area contributed by atoms with Crippen LogP contribution in [0.4, 0.5) is 0 Å². The van der Waals surface area contributed by atoms with E-state index in [9.17, 15) is 9.59 Å². The molecule has 0 saturated carbocycles. The number of hydrogen-bond acceptors (Lipinski definition) is 5. The van der Waals surface area contributed by atoms with E-state index in [1.807, 2.05) is 0 Å². The second-order valence-corrected chi connectivity index (χ2v) is 3.33. The molecule has 0 fully saturated rings. The summed E-state index contributed by atoms with van der Waals surface area (Å²) in [5, 5.41) is 3.70. The number of nitrogens with zero attached hydrogens (tertiary/aromatic N) is 2. The van der Waals surface area contributed by atoms with Crippen LogP contribution in [0, 0.1) is 0 Å². The largest absolute Gasteiger partial charge is 0.480 e. The van der Waals surface area contributed by atoms with Crippen molar-refractivity contribution in [3.63, 3.8) is 0 Å². The zero-order valence-electron chi connectivity index (χ0n) is 9.57. The Labute approximate surface area is 102 Å². The van der Waals surface area contributed by atoms with Gasteiger partial charge in [-0.05, 0) is 17.0 Å². The van der Waals surface area contributed by atoms with Crippen molar-refractivity contribution in [3.8, 4) is 5.88 Å². The van der Waals surface area contributed by atoms with E-state index in [1.54, 1.807) is 30.3 Å². The molecule has 6 heteroatoms. The quantitative estimate of drug-likeness (QED) is 0.789. The van der Waals surface area contributed by atoms with E-state index in [4.69, 9.17) is 9.57 Å². The molecule has 6 nitrogen and oxygen atoms in total. The molecule has 0 aliphatic heterocycles. The predicted molar refractivity (Wildman–Crippen MR) is 62.4 cm³/mol. The second-order valence-electron chi connectivity index (χ2n) is 3.33. The maximum Gasteiger partial charge on any atom is 0.365 e. The highest BCUT2D eigenvalue weighted by atomic mass is 16.7. The Hall–Kier alpha value is -2.63. The number of benzene rings is 1. The summed E-state index contributed by atoms with van der Waals surface area (Å²) >= 11 is 0. The van der Waals surface area contributed by atoms with Crippen molar-refractivity contribution in [2.45, 2.75) is 0 Å². The monoisotopic (exact) mass is 246 g/mol. The number of hydrogen-bond donors (Lipinski definition) is 0. The van der Waals surface area contributed by atoms with Gasteiger partial charge in [-0.25, -0.2) is 4.79 Å². The summed E-state index contributed by atoms with van der Waals surface area (Å²) in [5.41, 5.74) is -0.228. The zero-order chi connectivity index (χ0) is 13.0. The van der Waals surface area contributed by atoms with Gasteiger partial charge in [-0.3, -0.25) is 4.79 Å². The lowest BCUT2D eigenvalue weighted by atomic mass is 10.2. The van der Waals surface area contributed by atoms with Gasteiger partial charge in [0.1, 0.15) is 0 Å². The summed E-state index contributed by atoms with van der Waals surface area (Å²) < 4.78 is 4.83.